The van der Waals surface area contributed by atoms with E-state index in [1.807, 2.05) is 6.92 Å². The summed E-state index contributed by atoms with van der Waals surface area (Å²) in [5.41, 5.74) is 0.385. The standard InChI is InChI=1S/C15H23N7OS2/c1-11-18-20-15(25-11)24-7-3-6-17-14(23)13-10-22(21-19-13)9-12-4-2-5-16-8-12/h10,12,16H,2-9H2,1H3,(H,17,23). The molecule has 1 aliphatic heterocycles. The van der Waals surface area contributed by atoms with E-state index < -0.39 is 0 Å². The van der Waals surface area contributed by atoms with Crippen molar-refractivity contribution in [3.05, 3.63) is 16.9 Å². The molecule has 0 radical (unpaired) electrons. The third-order valence-electron chi connectivity index (χ3n) is 3.96. The quantitative estimate of drug-likeness (QED) is 0.526. The maximum Gasteiger partial charge on any atom is 0.273 e. The fraction of sp³-hybridized carbons (Fsp3) is 0.667. The van der Waals surface area contributed by atoms with Gasteiger partial charge in [0.2, 0.25) is 0 Å². The molecule has 0 aromatic carbocycles. The predicted octanol–water partition coefficient (Wildman–Crippen LogP) is 1.35. The first-order chi connectivity index (χ1) is 12.2. The van der Waals surface area contributed by atoms with Crippen LogP contribution in [0.3, 0.4) is 0 Å². The summed E-state index contributed by atoms with van der Waals surface area (Å²) in [6.07, 6.45) is 5.00. The van der Waals surface area contributed by atoms with Gasteiger partial charge in [0.15, 0.2) is 10.0 Å². The van der Waals surface area contributed by atoms with Gasteiger partial charge in [0, 0.05) is 18.8 Å². The second kappa shape index (κ2) is 9.25. The van der Waals surface area contributed by atoms with E-state index >= 15 is 0 Å². The van der Waals surface area contributed by atoms with Crippen LogP contribution >= 0.6 is 23.1 Å². The van der Waals surface area contributed by atoms with Crippen LogP contribution in [-0.4, -0.2) is 56.5 Å². The number of hydrogen-bond donors (Lipinski definition) is 2. The van der Waals surface area contributed by atoms with Crippen molar-refractivity contribution in [1.29, 1.82) is 0 Å². The highest BCUT2D eigenvalue weighted by molar-refractivity contribution is 8.01. The largest absolute Gasteiger partial charge is 0.351 e. The molecule has 1 aliphatic rings. The van der Waals surface area contributed by atoms with E-state index in [4.69, 9.17) is 0 Å². The van der Waals surface area contributed by atoms with E-state index in [0.29, 0.717) is 18.2 Å². The van der Waals surface area contributed by atoms with Gasteiger partial charge in [-0.1, -0.05) is 28.3 Å². The Balaban J connectivity index is 1.35. The Morgan fingerprint density at radius 1 is 1.48 bits per heavy atom. The summed E-state index contributed by atoms with van der Waals surface area (Å²) in [6, 6.07) is 0. The summed E-state index contributed by atoms with van der Waals surface area (Å²) in [7, 11) is 0. The number of thioether (sulfide) groups is 1. The molecule has 3 rings (SSSR count). The van der Waals surface area contributed by atoms with Gasteiger partial charge in [-0.2, -0.15) is 0 Å². The van der Waals surface area contributed by atoms with Crippen LogP contribution in [0.2, 0.25) is 0 Å². The Kier molecular flexibility index (Phi) is 6.76. The Labute approximate surface area is 155 Å². The van der Waals surface area contributed by atoms with Crippen LogP contribution in [0, 0.1) is 12.8 Å². The molecule has 2 aromatic heterocycles. The van der Waals surface area contributed by atoms with E-state index in [-0.39, 0.29) is 5.91 Å². The summed E-state index contributed by atoms with van der Waals surface area (Å²) in [6.45, 7) is 5.47. The predicted molar refractivity (Wildman–Crippen MR) is 97.9 cm³/mol. The highest BCUT2D eigenvalue weighted by atomic mass is 32.2. The molecular formula is C15H23N7OS2. The van der Waals surface area contributed by atoms with Gasteiger partial charge < -0.3 is 10.6 Å². The minimum absolute atomic E-state index is 0.162. The van der Waals surface area contributed by atoms with Crippen LogP contribution in [0.25, 0.3) is 0 Å². The normalized spacial score (nSPS) is 17.6. The van der Waals surface area contributed by atoms with Crippen LogP contribution < -0.4 is 10.6 Å². The molecule has 1 unspecified atom stereocenters. The first-order valence-corrected chi connectivity index (χ1v) is 10.3. The van der Waals surface area contributed by atoms with Gasteiger partial charge in [0.05, 0.1) is 6.20 Å². The van der Waals surface area contributed by atoms with Crippen molar-refractivity contribution in [2.75, 3.05) is 25.4 Å². The van der Waals surface area contributed by atoms with Gasteiger partial charge >= 0.3 is 0 Å². The Morgan fingerprint density at radius 3 is 3.16 bits per heavy atom. The van der Waals surface area contributed by atoms with Crippen molar-refractivity contribution in [3.8, 4) is 0 Å². The number of rotatable bonds is 8. The maximum absolute atomic E-state index is 12.1. The lowest BCUT2D eigenvalue weighted by Crippen LogP contribution is -2.32. The second-order valence-corrected chi connectivity index (χ2v) is 8.61. The minimum Gasteiger partial charge on any atom is -0.351 e. The van der Waals surface area contributed by atoms with E-state index in [0.717, 1.165) is 41.2 Å². The zero-order valence-corrected chi connectivity index (χ0v) is 15.9. The SMILES string of the molecule is Cc1nnc(SCCCNC(=O)c2cn(CC3CCCNC3)nn2)s1. The van der Waals surface area contributed by atoms with Crippen molar-refractivity contribution >= 4 is 29.0 Å². The highest BCUT2D eigenvalue weighted by Gasteiger charge is 2.16. The Hall–Kier alpha value is -1.52. The first-order valence-electron chi connectivity index (χ1n) is 8.52. The molecule has 8 nitrogen and oxygen atoms in total. The van der Waals surface area contributed by atoms with E-state index in [9.17, 15) is 4.79 Å². The lowest BCUT2D eigenvalue weighted by atomic mass is 10.00. The number of aromatic nitrogens is 5. The van der Waals surface area contributed by atoms with Crippen molar-refractivity contribution in [1.82, 2.24) is 35.8 Å². The molecule has 2 aromatic rings. The molecule has 25 heavy (non-hydrogen) atoms. The van der Waals surface area contributed by atoms with Crippen LogP contribution in [-0.2, 0) is 6.54 Å². The fourth-order valence-electron chi connectivity index (χ4n) is 2.70. The molecule has 2 N–H and O–H groups in total. The van der Waals surface area contributed by atoms with Gasteiger partial charge in [-0.15, -0.1) is 15.3 Å². The number of aryl methyl sites for hydroxylation is 1. The summed E-state index contributed by atoms with van der Waals surface area (Å²) in [5, 5.41) is 23.4. The molecule has 1 atom stereocenters. The van der Waals surface area contributed by atoms with Gasteiger partial charge in [-0.3, -0.25) is 9.48 Å². The third kappa shape index (κ3) is 5.75. The molecule has 1 amide bonds. The molecule has 136 valence electrons. The smallest absolute Gasteiger partial charge is 0.273 e. The lowest BCUT2D eigenvalue weighted by molar-refractivity contribution is 0.0948. The average molecular weight is 382 g/mol. The van der Waals surface area contributed by atoms with Gasteiger partial charge in [0.25, 0.3) is 5.91 Å². The molecule has 0 saturated carbocycles. The van der Waals surface area contributed by atoms with Crippen LogP contribution in [0.15, 0.2) is 10.5 Å². The average Bonchev–Trinajstić information content (AvgIpc) is 3.24. The zero-order valence-electron chi connectivity index (χ0n) is 14.3. The number of nitrogens with zero attached hydrogens (tertiary/aromatic N) is 5. The van der Waals surface area contributed by atoms with Crippen molar-refractivity contribution < 1.29 is 4.79 Å². The van der Waals surface area contributed by atoms with E-state index in [1.165, 1.54) is 12.8 Å². The minimum atomic E-state index is -0.162. The van der Waals surface area contributed by atoms with Crippen LogP contribution in [0.1, 0.15) is 34.8 Å². The van der Waals surface area contributed by atoms with Gasteiger partial charge in [-0.05, 0) is 45.2 Å². The van der Waals surface area contributed by atoms with Gasteiger partial charge in [0.1, 0.15) is 5.01 Å². The lowest BCUT2D eigenvalue weighted by Gasteiger charge is -2.22. The fourth-order valence-corrected chi connectivity index (χ4v) is 4.52. The number of piperidine rings is 1. The molecule has 10 heteroatoms. The first kappa shape index (κ1) is 18.3. The van der Waals surface area contributed by atoms with Gasteiger partial charge in [-0.25, -0.2) is 0 Å². The number of nitrogens with one attached hydrogen (secondary N) is 2. The molecule has 1 saturated heterocycles. The van der Waals surface area contributed by atoms with Crippen LogP contribution in [0.5, 0.6) is 0 Å². The molecule has 3 heterocycles. The molecule has 0 bridgehead atoms. The highest BCUT2D eigenvalue weighted by Crippen LogP contribution is 2.22. The second-order valence-electron chi connectivity index (χ2n) is 6.08. The maximum atomic E-state index is 12.1. The number of carbonyl (C=O) groups is 1. The molecular weight excluding hydrogens is 358 g/mol. The van der Waals surface area contributed by atoms with E-state index in [1.54, 1.807) is 34.0 Å². The van der Waals surface area contributed by atoms with E-state index in [2.05, 4.69) is 31.1 Å². The summed E-state index contributed by atoms with van der Waals surface area (Å²) < 4.78 is 2.75. The van der Waals surface area contributed by atoms with Crippen molar-refractivity contribution in [2.24, 2.45) is 5.92 Å². The van der Waals surface area contributed by atoms with Crippen molar-refractivity contribution in [3.63, 3.8) is 0 Å². The Morgan fingerprint density at radius 2 is 2.40 bits per heavy atom. The molecule has 0 aliphatic carbocycles. The monoisotopic (exact) mass is 381 g/mol. The van der Waals surface area contributed by atoms with Crippen LogP contribution in [0.4, 0.5) is 0 Å². The third-order valence-corrected chi connectivity index (χ3v) is 6.01. The molecule has 0 spiro atoms. The summed E-state index contributed by atoms with van der Waals surface area (Å²) in [4.78, 5) is 12.1. The number of amides is 1. The Bertz CT molecular complexity index is 681. The number of carbonyl (C=O) groups excluding carboxylic acids is 1. The topological polar surface area (TPSA) is 97.6 Å². The summed E-state index contributed by atoms with van der Waals surface area (Å²) in [5.74, 6) is 1.30. The number of hydrogen-bond acceptors (Lipinski definition) is 8. The summed E-state index contributed by atoms with van der Waals surface area (Å²) >= 11 is 3.26. The molecule has 1 fully saturated rings. The van der Waals surface area contributed by atoms with Crippen molar-refractivity contribution in [2.45, 2.75) is 37.1 Å². The zero-order chi connectivity index (χ0) is 17.5.